The summed E-state index contributed by atoms with van der Waals surface area (Å²) >= 11 is 0. The van der Waals surface area contributed by atoms with Gasteiger partial charge in [0.25, 0.3) is 0 Å². The van der Waals surface area contributed by atoms with E-state index in [2.05, 4.69) is 29.2 Å². The van der Waals surface area contributed by atoms with Crippen LogP contribution in [0.25, 0.3) is 0 Å². The lowest BCUT2D eigenvalue weighted by molar-refractivity contribution is 0.409. The van der Waals surface area contributed by atoms with E-state index in [0.717, 1.165) is 37.5 Å². The predicted molar refractivity (Wildman–Crippen MR) is 69.0 cm³/mol. The van der Waals surface area contributed by atoms with Crippen LogP contribution in [-0.4, -0.2) is 20.8 Å². The fourth-order valence-corrected chi connectivity index (χ4v) is 1.76. The van der Waals surface area contributed by atoms with Gasteiger partial charge in [-0.25, -0.2) is 4.98 Å². The van der Waals surface area contributed by atoms with Crippen LogP contribution in [0.15, 0.2) is 29.2 Å². The standard InChI is InChI=1S/C13H20N4O/c1-3-12-4-5-13(18-12)8-15-11(2)6-7-17-10-14-9-16-17/h4-5,9-11,15H,3,6-8H2,1-2H3/t11-/m1/s1. The van der Waals surface area contributed by atoms with Gasteiger partial charge in [-0.05, 0) is 25.5 Å². The van der Waals surface area contributed by atoms with Crippen molar-refractivity contribution in [2.75, 3.05) is 0 Å². The quantitative estimate of drug-likeness (QED) is 0.814. The zero-order chi connectivity index (χ0) is 12.8. The van der Waals surface area contributed by atoms with Gasteiger partial charge in [-0.2, -0.15) is 5.10 Å². The monoisotopic (exact) mass is 248 g/mol. The summed E-state index contributed by atoms with van der Waals surface area (Å²) in [6, 6.07) is 4.50. The lowest BCUT2D eigenvalue weighted by Crippen LogP contribution is -2.26. The van der Waals surface area contributed by atoms with Crippen molar-refractivity contribution in [1.82, 2.24) is 20.1 Å². The first-order valence-electron chi connectivity index (χ1n) is 6.41. The van der Waals surface area contributed by atoms with E-state index in [9.17, 15) is 0 Å². The van der Waals surface area contributed by atoms with Crippen molar-refractivity contribution >= 4 is 0 Å². The Labute approximate surface area is 107 Å². The molecule has 5 nitrogen and oxygen atoms in total. The second-order valence-electron chi connectivity index (χ2n) is 4.45. The number of aryl methyl sites for hydroxylation is 2. The highest BCUT2D eigenvalue weighted by molar-refractivity contribution is 5.06. The molecule has 0 saturated carbocycles. The minimum Gasteiger partial charge on any atom is -0.465 e. The molecule has 0 aliphatic carbocycles. The van der Waals surface area contributed by atoms with Gasteiger partial charge in [0.1, 0.15) is 24.2 Å². The highest BCUT2D eigenvalue weighted by Gasteiger charge is 2.05. The Balaban J connectivity index is 1.69. The molecule has 2 heterocycles. The van der Waals surface area contributed by atoms with Gasteiger partial charge in [0, 0.05) is 19.0 Å². The highest BCUT2D eigenvalue weighted by Crippen LogP contribution is 2.08. The minimum absolute atomic E-state index is 0.421. The SMILES string of the molecule is CCc1ccc(CN[C@H](C)CCn2cncn2)o1. The summed E-state index contributed by atoms with van der Waals surface area (Å²) in [5.74, 6) is 2.04. The van der Waals surface area contributed by atoms with Crippen molar-refractivity contribution in [2.45, 2.75) is 45.8 Å². The number of hydrogen-bond acceptors (Lipinski definition) is 4. The number of nitrogens with zero attached hydrogens (tertiary/aromatic N) is 3. The smallest absolute Gasteiger partial charge is 0.137 e. The van der Waals surface area contributed by atoms with Crippen molar-refractivity contribution in [3.05, 3.63) is 36.3 Å². The van der Waals surface area contributed by atoms with Gasteiger partial charge in [-0.15, -0.1) is 0 Å². The Morgan fingerprint density at radius 2 is 2.22 bits per heavy atom. The maximum atomic E-state index is 5.64. The number of nitrogens with one attached hydrogen (secondary N) is 1. The third-order valence-corrected chi connectivity index (χ3v) is 2.95. The Morgan fingerprint density at radius 3 is 2.89 bits per heavy atom. The lowest BCUT2D eigenvalue weighted by Gasteiger charge is -2.12. The number of rotatable bonds is 7. The Morgan fingerprint density at radius 1 is 1.39 bits per heavy atom. The molecule has 0 saturated heterocycles. The zero-order valence-corrected chi connectivity index (χ0v) is 11.0. The van der Waals surface area contributed by atoms with Crippen LogP contribution < -0.4 is 5.32 Å². The molecule has 98 valence electrons. The average Bonchev–Trinajstić information content (AvgIpc) is 3.04. The molecule has 0 radical (unpaired) electrons. The molecule has 2 rings (SSSR count). The molecule has 1 N–H and O–H groups in total. The van der Waals surface area contributed by atoms with Crippen molar-refractivity contribution in [2.24, 2.45) is 0 Å². The van der Waals surface area contributed by atoms with Crippen molar-refractivity contribution < 1.29 is 4.42 Å². The molecule has 0 aliphatic rings. The summed E-state index contributed by atoms with van der Waals surface area (Å²) in [4.78, 5) is 3.92. The molecule has 0 aliphatic heterocycles. The van der Waals surface area contributed by atoms with Gasteiger partial charge in [0.05, 0.1) is 6.54 Å². The molecule has 0 fully saturated rings. The zero-order valence-electron chi connectivity index (χ0n) is 11.0. The molecule has 1 atom stereocenters. The second-order valence-corrected chi connectivity index (χ2v) is 4.45. The van der Waals surface area contributed by atoms with Crippen LogP contribution in [0.5, 0.6) is 0 Å². The normalized spacial score (nSPS) is 12.8. The van der Waals surface area contributed by atoms with E-state index in [0.29, 0.717) is 6.04 Å². The first-order chi connectivity index (χ1) is 8.78. The summed E-state index contributed by atoms with van der Waals surface area (Å²) in [5.41, 5.74) is 0. The summed E-state index contributed by atoms with van der Waals surface area (Å²) < 4.78 is 7.49. The van der Waals surface area contributed by atoms with Gasteiger partial charge in [0.15, 0.2) is 0 Å². The Hall–Kier alpha value is -1.62. The Bertz CT molecular complexity index is 449. The third-order valence-electron chi connectivity index (χ3n) is 2.95. The minimum atomic E-state index is 0.421. The van der Waals surface area contributed by atoms with Gasteiger partial charge in [-0.1, -0.05) is 6.92 Å². The average molecular weight is 248 g/mol. The van der Waals surface area contributed by atoms with Crippen LogP contribution in [0.1, 0.15) is 31.8 Å². The molecule has 2 aromatic rings. The van der Waals surface area contributed by atoms with Crippen LogP contribution in [0.2, 0.25) is 0 Å². The third kappa shape index (κ3) is 3.70. The maximum Gasteiger partial charge on any atom is 0.137 e. The van der Waals surface area contributed by atoms with E-state index in [4.69, 9.17) is 4.42 Å². The van der Waals surface area contributed by atoms with E-state index >= 15 is 0 Å². The van der Waals surface area contributed by atoms with Gasteiger partial charge >= 0.3 is 0 Å². The fraction of sp³-hybridized carbons (Fsp3) is 0.538. The topological polar surface area (TPSA) is 55.9 Å². The molecular formula is C13H20N4O. The number of aromatic nitrogens is 3. The second kappa shape index (κ2) is 6.35. The molecule has 18 heavy (non-hydrogen) atoms. The van der Waals surface area contributed by atoms with Crippen molar-refractivity contribution in [1.29, 1.82) is 0 Å². The first kappa shape index (κ1) is 12.8. The van der Waals surface area contributed by atoms with E-state index < -0.39 is 0 Å². The molecular weight excluding hydrogens is 228 g/mol. The van der Waals surface area contributed by atoms with Crippen molar-refractivity contribution in [3.63, 3.8) is 0 Å². The van der Waals surface area contributed by atoms with Gasteiger partial charge in [-0.3, -0.25) is 4.68 Å². The molecule has 0 spiro atoms. The van der Waals surface area contributed by atoms with Gasteiger partial charge < -0.3 is 9.73 Å². The molecule has 0 bridgehead atoms. The largest absolute Gasteiger partial charge is 0.465 e. The maximum absolute atomic E-state index is 5.64. The van der Waals surface area contributed by atoms with Crippen LogP contribution >= 0.6 is 0 Å². The number of furan rings is 1. The summed E-state index contributed by atoms with van der Waals surface area (Å²) in [5, 5.41) is 7.52. The van der Waals surface area contributed by atoms with E-state index in [-0.39, 0.29) is 0 Å². The molecule has 0 unspecified atom stereocenters. The fourth-order valence-electron chi connectivity index (χ4n) is 1.76. The summed E-state index contributed by atoms with van der Waals surface area (Å²) in [6.07, 6.45) is 5.27. The van der Waals surface area contributed by atoms with Crippen LogP contribution in [0, 0.1) is 0 Å². The highest BCUT2D eigenvalue weighted by atomic mass is 16.3. The van der Waals surface area contributed by atoms with E-state index in [1.165, 1.54) is 0 Å². The Kier molecular flexibility index (Phi) is 4.52. The van der Waals surface area contributed by atoms with Crippen molar-refractivity contribution in [3.8, 4) is 0 Å². The lowest BCUT2D eigenvalue weighted by atomic mass is 10.2. The van der Waals surface area contributed by atoms with Crippen LogP contribution in [-0.2, 0) is 19.5 Å². The molecule has 5 heteroatoms. The number of hydrogen-bond donors (Lipinski definition) is 1. The molecule has 2 aromatic heterocycles. The van der Waals surface area contributed by atoms with E-state index in [1.54, 1.807) is 12.7 Å². The van der Waals surface area contributed by atoms with E-state index in [1.807, 2.05) is 16.8 Å². The van der Waals surface area contributed by atoms with Gasteiger partial charge in [0.2, 0.25) is 0 Å². The predicted octanol–water partition coefficient (Wildman–Crippen LogP) is 2.00. The summed E-state index contributed by atoms with van der Waals surface area (Å²) in [7, 11) is 0. The van der Waals surface area contributed by atoms with Crippen LogP contribution in [0.3, 0.4) is 0 Å². The molecule has 0 aromatic carbocycles. The molecule has 0 amide bonds. The van der Waals surface area contributed by atoms with Crippen LogP contribution in [0.4, 0.5) is 0 Å². The first-order valence-corrected chi connectivity index (χ1v) is 6.41. The summed E-state index contributed by atoms with van der Waals surface area (Å²) in [6.45, 7) is 5.92.